The fourth-order valence-corrected chi connectivity index (χ4v) is 2.64. The Balaban J connectivity index is 2.26. The first-order valence-corrected chi connectivity index (χ1v) is 6.78. The molecule has 3 nitrogen and oxygen atoms in total. The van der Waals surface area contributed by atoms with E-state index in [0.29, 0.717) is 4.47 Å². The topological polar surface area (TPSA) is 40.5 Å². The Bertz CT molecular complexity index is 447. The van der Waals surface area contributed by atoms with Gasteiger partial charge in [0.1, 0.15) is 5.82 Å². The fourth-order valence-electron chi connectivity index (χ4n) is 2.40. The van der Waals surface area contributed by atoms with Crippen molar-refractivity contribution in [1.82, 2.24) is 4.90 Å². The SMILES string of the molecule is O=C(O)CC(c1ccc(Br)c(F)c1)N1CCCC1. The molecule has 5 heteroatoms. The number of benzene rings is 1. The van der Waals surface area contributed by atoms with Gasteiger partial charge in [-0.15, -0.1) is 0 Å². The summed E-state index contributed by atoms with van der Waals surface area (Å²) in [6.07, 6.45) is 2.17. The largest absolute Gasteiger partial charge is 0.481 e. The third-order valence-electron chi connectivity index (χ3n) is 3.28. The summed E-state index contributed by atoms with van der Waals surface area (Å²) >= 11 is 3.11. The van der Waals surface area contributed by atoms with Gasteiger partial charge >= 0.3 is 5.97 Å². The van der Waals surface area contributed by atoms with Crippen molar-refractivity contribution >= 4 is 21.9 Å². The zero-order chi connectivity index (χ0) is 13.1. The first-order chi connectivity index (χ1) is 8.58. The summed E-state index contributed by atoms with van der Waals surface area (Å²) in [7, 11) is 0. The summed E-state index contributed by atoms with van der Waals surface area (Å²) in [5.74, 6) is -1.20. The average Bonchev–Trinajstić information content (AvgIpc) is 2.83. The number of hydrogen-bond donors (Lipinski definition) is 1. The van der Waals surface area contributed by atoms with E-state index < -0.39 is 5.97 Å². The second-order valence-electron chi connectivity index (χ2n) is 4.53. The maximum Gasteiger partial charge on any atom is 0.305 e. The van der Waals surface area contributed by atoms with Gasteiger partial charge in [-0.25, -0.2) is 4.39 Å². The molecule has 1 aliphatic heterocycles. The van der Waals surface area contributed by atoms with Crippen molar-refractivity contribution in [2.45, 2.75) is 25.3 Å². The molecular formula is C13H15BrFNO2. The molecular weight excluding hydrogens is 301 g/mol. The normalized spacial score (nSPS) is 17.9. The highest BCUT2D eigenvalue weighted by Gasteiger charge is 2.26. The van der Waals surface area contributed by atoms with Gasteiger partial charge in [0, 0.05) is 6.04 Å². The van der Waals surface area contributed by atoms with Gasteiger partial charge in [-0.1, -0.05) is 6.07 Å². The van der Waals surface area contributed by atoms with Crippen LogP contribution >= 0.6 is 15.9 Å². The molecule has 2 rings (SSSR count). The first kappa shape index (κ1) is 13.5. The van der Waals surface area contributed by atoms with Gasteiger partial charge in [0.25, 0.3) is 0 Å². The number of likely N-dealkylation sites (tertiary alicyclic amines) is 1. The number of aliphatic carboxylic acids is 1. The van der Waals surface area contributed by atoms with Gasteiger partial charge in [-0.05, 0) is 59.6 Å². The van der Waals surface area contributed by atoms with Crippen molar-refractivity contribution in [2.75, 3.05) is 13.1 Å². The van der Waals surface area contributed by atoms with Crippen LogP contribution in [0, 0.1) is 5.82 Å². The smallest absolute Gasteiger partial charge is 0.305 e. The number of rotatable bonds is 4. The van der Waals surface area contributed by atoms with Gasteiger partial charge in [-0.3, -0.25) is 9.69 Å². The van der Waals surface area contributed by atoms with Crippen LogP contribution in [0.2, 0.25) is 0 Å². The number of carboxylic acids is 1. The molecule has 1 saturated heterocycles. The lowest BCUT2D eigenvalue weighted by atomic mass is 10.0. The minimum atomic E-state index is -0.852. The van der Waals surface area contributed by atoms with Gasteiger partial charge < -0.3 is 5.11 Å². The van der Waals surface area contributed by atoms with E-state index in [0.717, 1.165) is 31.5 Å². The molecule has 18 heavy (non-hydrogen) atoms. The molecule has 0 radical (unpaired) electrons. The Hall–Kier alpha value is -0.940. The van der Waals surface area contributed by atoms with Crippen LogP contribution in [0.4, 0.5) is 4.39 Å². The van der Waals surface area contributed by atoms with Crippen molar-refractivity contribution in [3.8, 4) is 0 Å². The minimum absolute atomic E-state index is 0.0150. The minimum Gasteiger partial charge on any atom is -0.481 e. The molecule has 98 valence electrons. The zero-order valence-corrected chi connectivity index (χ0v) is 11.5. The third-order valence-corrected chi connectivity index (χ3v) is 3.92. The van der Waals surface area contributed by atoms with Crippen LogP contribution in [0.3, 0.4) is 0 Å². The average molecular weight is 316 g/mol. The Morgan fingerprint density at radius 2 is 2.11 bits per heavy atom. The molecule has 1 aromatic carbocycles. The first-order valence-electron chi connectivity index (χ1n) is 5.98. The highest BCUT2D eigenvalue weighted by Crippen LogP contribution is 2.30. The molecule has 0 spiro atoms. The molecule has 1 aromatic rings. The van der Waals surface area contributed by atoms with E-state index >= 15 is 0 Å². The Labute approximate surface area is 114 Å². The van der Waals surface area contributed by atoms with Crippen molar-refractivity contribution in [2.24, 2.45) is 0 Å². The highest BCUT2D eigenvalue weighted by molar-refractivity contribution is 9.10. The lowest BCUT2D eigenvalue weighted by Crippen LogP contribution is -2.27. The summed E-state index contributed by atoms with van der Waals surface area (Å²) in [5, 5.41) is 9.00. The van der Waals surface area contributed by atoms with E-state index in [9.17, 15) is 9.18 Å². The van der Waals surface area contributed by atoms with E-state index in [2.05, 4.69) is 20.8 Å². The maximum atomic E-state index is 13.6. The molecule has 0 saturated carbocycles. The van der Waals surface area contributed by atoms with Gasteiger partial charge in [0.2, 0.25) is 0 Å². The Kier molecular flexibility index (Phi) is 4.35. The molecule has 1 heterocycles. The monoisotopic (exact) mass is 315 g/mol. The predicted octanol–water partition coefficient (Wildman–Crippen LogP) is 3.20. The lowest BCUT2D eigenvalue weighted by Gasteiger charge is -2.26. The second kappa shape index (κ2) is 5.80. The maximum absolute atomic E-state index is 13.6. The van der Waals surface area contributed by atoms with Crippen molar-refractivity contribution in [3.63, 3.8) is 0 Å². The second-order valence-corrected chi connectivity index (χ2v) is 5.38. The summed E-state index contributed by atoms with van der Waals surface area (Å²) < 4.78 is 14.0. The van der Waals surface area contributed by atoms with Crippen molar-refractivity contribution in [3.05, 3.63) is 34.1 Å². The van der Waals surface area contributed by atoms with Gasteiger partial charge in [0.15, 0.2) is 0 Å². The molecule has 0 amide bonds. The van der Waals surface area contributed by atoms with E-state index in [1.165, 1.54) is 6.07 Å². The molecule has 1 N–H and O–H groups in total. The molecule has 0 bridgehead atoms. The molecule has 1 aliphatic rings. The molecule has 0 aliphatic carbocycles. The Morgan fingerprint density at radius 3 is 2.67 bits per heavy atom. The number of carbonyl (C=O) groups is 1. The van der Waals surface area contributed by atoms with Crippen molar-refractivity contribution < 1.29 is 14.3 Å². The summed E-state index contributed by atoms with van der Waals surface area (Å²) in [4.78, 5) is 13.1. The number of halogens is 2. The van der Waals surface area contributed by atoms with Crippen LogP contribution in [0.15, 0.2) is 22.7 Å². The predicted molar refractivity (Wildman–Crippen MR) is 69.9 cm³/mol. The van der Waals surface area contributed by atoms with Gasteiger partial charge in [-0.2, -0.15) is 0 Å². The number of carboxylic acid groups (broad SMARTS) is 1. The summed E-state index contributed by atoms with van der Waals surface area (Å²) in [5.41, 5.74) is 0.736. The van der Waals surface area contributed by atoms with Crippen LogP contribution in [-0.2, 0) is 4.79 Å². The quantitative estimate of drug-likeness (QED) is 0.927. The van der Waals surface area contributed by atoms with Crippen LogP contribution < -0.4 is 0 Å². The lowest BCUT2D eigenvalue weighted by molar-refractivity contribution is -0.138. The van der Waals surface area contributed by atoms with E-state index in [-0.39, 0.29) is 18.3 Å². The molecule has 1 unspecified atom stereocenters. The standard InChI is InChI=1S/C13H15BrFNO2/c14-10-4-3-9(7-11(10)15)12(8-13(17)18)16-5-1-2-6-16/h3-4,7,12H,1-2,5-6,8H2,(H,17,18). The highest BCUT2D eigenvalue weighted by atomic mass is 79.9. The van der Waals surface area contributed by atoms with E-state index in [1.807, 2.05) is 0 Å². The van der Waals surface area contributed by atoms with Crippen LogP contribution in [-0.4, -0.2) is 29.1 Å². The molecule has 1 atom stereocenters. The third kappa shape index (κ3) is 3.09. The van der Waals surface area contributed by atoms with Crippen LogP contribution in [0.5, 0.6) is 0 Å². The number of nitrogens with zero attached hydrogens (tertiary/aromatic N) is 1. The van der Waals surface area contributed by atoms with E-state index in [4.69, 9.17) is 5.11 Å². The molecule has 1 fully saturated rings. The van der Waals surface area contributed by atoms with Crippen LogP contribution in [0.25, 0.3) is 0 Å². The number of hydrogen-bond acceptors (Lipinski definition) is 2. The Morgan fingerprint density at radius 1 is 1.44 bits per heavy atom. The zero-order valence-electron chi connectivity index (χ0n) is 9.90. The van der Waals surface area contributed by atoms with Gasteiger partial charge in [0.05, 0.1) is 10.9 Å². The van der Waals surface area contributed by atoms with Crippen LogP contribution in [0.1, 0.15) is 30.9 Å². The van der Waals surface area contributed by atoms with Crippen molar-refractivity contribution in [1.29, 1.82) is 0 Å². The fraction of sp³-hybridized carbons (Fsp3) is 0.462. The summed E-state index contributed by atoms with van der Waals surface area (Å²) in [6.45, 7) is 1.77. The van der Waals surface area contributed by atoms with E-state index in [1.54, 1.807) is 12.1 Å². The molecule has 0 aromatic heterocycles. The summed E-state index contributed by atoms with van der Waals surface area (Å²) in [6, 6.07) is 4.62.